The van der Waals surface area contributed by atoms with E-state index in [2.05, 4.69) is 43.0 Å². The van der Waals surface area contributed by atoms with Crippen molar-refractivity contribution in [3.05, 3.63) is 35.4 Å². The number of aliphatic hydroxyl groups is 1. The van der Waals surface area contributed by atoms with E-state index >= 15 is 0 Å². The van der Waals surface area contributed by atoms with E-state index in [1.807, 2.05) is 0 Å². The maximum Gasteiger partial charge on any atom is 0.106 e. The zero-order valence-electron chi connectivity index (χ0n) is 12.1. The van der Waals surface area contributed by atoms with Gasteiger partial charge < -0.3 is 5.11 Å². The van der Waals surface area contributed by atoms with Crippen molar-refractivity contribution in [3.63, 3.8) is 0 Å². The van der Waals surface area contributed by atoms with E-state index in [0.717, 1.165) is 31.4 Å². The highest BCUT2D eigenvalue weighted by Crippen LogP contribution is 2.43. The summed E-state index contributed by atoms with van der Waals surface area (Å²) in [4.78, 5) is 2.47. The Bertz CT molecular complexity index is 456. The molecule has 0 amide bonds. The fraction of sp³-hybridized carbons (Fsp3) is 0.647. The SMILES string of the molecule is CC(C)Cc1cccc(C2(O)CCN3CCCC32)c1. The van der Waals surface area contributed by atoms with E-state index in [0.29, 0.717) is 12.0 Å². The summed E-state index contributed by atoms with van der Waals surface area (Å²) in [5.74, 6) is 0.663. The van der Waals surface area contributed by atoms with Crippen LogP contribution in [-0.4, -0.2) is 29.1 Å². The van der Waals surface area contributed by atoms with E-state index < -0.39 is 5.60 Å². The fourth-order valence-electron chi connectivity index (χ4n) is 3.89. The highest BCUT2D eigenvalue weighted by atomic mass is 16.3. The average molecular weight is 259 g/mol. The Morgan fingerprint density at radius 3 is 3.00 bits per heavy atom. The summed E-state index contributed by atoms with van der Waals surface area (Å²) in [7, 11) is 0. The monoisotopic (exact) mass is 259 g/mol. The van der Waals surface area contributed by atoms with Crippen LogP contribution in [0.25, 0.3) is 0 Å². The molecule has 2 aliphatic heterocycles. The van der Waals surface area contributed by atoms with Gasteiger partial charge in [-0.1, -0.05) is 38.1 Å². The molecule has 19 heavy (non-hydrogen) atoms. The summed E-state index contributed by atoms with van der Waals surface area (Å²) < 4.78 is 0. The number of rotatable bonds is 3. The fourth-order valence-corrected chi connectivity index (χ4v) is 3.89. The van der Waals surface area contributed by atoms with Crippen LogP contribution in [0.3, 0.4) is 0 Å². The number of benzene rings is 1. The molecule has 2 atom stereocenters. The van der Waals surface area contributed by atoms with Crippen LogP contribution in [0.1, 0.15) is 44.2 Å². The van der Waals surface area contributed by atoms with Crippen LogP contribution in [0.15, 0.2) is 24.3 Å². The molecule has 2 aliphatic rings. The molecular weight excluding hydrogens is 234 g/mol. The molecule has 0 saturated carbocycles. The summed E-state index contributed by atoms with van der Waals surface area (Å²) in [6, 6.07) is 9.01. The lowest BCUT2D eigenvalue weighted by molar-refractivity contribution is 0.00931. The van der Waals surface area contributed by atoms with Gasteiger partial charge >= 0.3 is 0 Å². The normalized spacial score (nSPS) is 31.1. The molecular formula is C17H25NO. The minimum absolute atomic E-state index is 0.349. The van der Waals surface area contributed by atoms with Gasteiger partial charge in [-0.15, -0.1) is 0 Å². The van der Waals surface area contributed by atoms with Gasteiger partial charge in [-0.2, -0.15) is 0 Å². The molecule has 2 heteroatoms. The van der Waals surface area contributed by atoms with Gasteiger partial charge in [-0.3, -0.25) is 4.90 Å². The second-order valence-corrected chi connectivity index (χ2v) is 6.67. The first-order chi connectivity index (χ1) is 9.09. The second kappa shape index (κ2) is 4.92. The van der Waals surface area contributed by atoms with Crippen LogP contribution < -0.4 is 0 Å². The molecule has 0 bridgehead atoms. The predicted octanol–water partition coefficient (Wildman–Crippen LogP) is 2.94. The molecule has 2 heterocycles. The molecule has 1 aromatic carbocycles. The third-order valence-corrected chi connectivity index (χ3v) is 4.77. The number of hydrogen-bond donors (Lipinski definition) is 1. The van der Waals surface area contributed by atoms with Gasteiger partial charge in [-0.05, 0) is 49.3 Å². The van der Waals surface area contributed by atoms with Crippen molar-refractivity contribution in [2.24, 2.45) is 5.92 Å². The minimum atomic E-state index is -0.608. The summed E-state index contributed by atoms with van der Waals surface area (Å²) in [6.07, 6.45) is 4.37. The lowest BCUT2D eigenvalue weighted by Crippen LogP contribution is -2.38. The number of nitrogens with zero attached hydrogens (tertiary/aromatic N) is 1. The lowest BCUT2D eigenvalue weighted by atomic mass is 9.84. The maximum atomic E-state index is 11.1. The molecule has 104 valence electrons. The van der Waals surface area contributed by atoms with Crippen LogP contribution >= 0.6 is 0 Å². The Balaban J connectivity index is 1.88. The molecule has 1 N–H and O–H groups in total. The van der Waals surface area contributed by atoms with Crippen molar-refractivity contribution in [1.82, 2.24) is 4.90 Å². The average Bonchev–Trinajstić information content (AvgIpc) is 2.94. The van der Waals surface area contributed by atoms with Crippen LogP contribution in [0.5, 0.6) is 0 Å². The first-order valence-corrected chi connectivity index (χ1v) is 7.65. The standard InChI is InChI=1S/C17H25NO/c1-13(2)11-14-5-3-6-15(12-14)17(19)8-10-18-9-4-7-16(17)18/h3,5-6,12-13,16,19H,4,7-11H2,1-2H3. The number of hydrogen-bond acceptors (Lipinski definition) is 2. The van der Waals surface area contributed by atoms with Gasteiger partial charge in [-0.25, -0.2) is 0 Å². The van der Waals surface area contributed by atoms with E-state index in [1.165, 1.54) is 18.5 Å². The zero-order valence-corrected chi connectivity index (χ0v) is 12.1. The summed E-state index contributed by atoms with van der Waals surface area (Å²) >= 11 is 0. The summed E-state index contributed by atoms with van der Waals surface area (Å²) in [6.45, 7) is 6.71. The topological polar surface area (TPSA) is 23.5 Å². The summed E-state index contributed by atoms with van der Waals surface area (Å²) in [5, 5.41) is 11.1. The van der Waals surface area contributed by atoms with Crippen LogP contribution in [0.2, 0.25) is 0 Å². The molecule has 2 unspecified atom stereocenters. The Hall–Kier alpha value is -0.860. The first kappa shape index (κ1) is 13.1. The van der Waals surface area contributed by atoms with E-state index in [1.54, 1.807) is 0 Å². The van der Waals surface area contributed by atoms with Gasteiger partial charge in [0.25, 0.3) is 0 Å². The molecule has 2 fully saturated rings. The molecule has 0 aliphatic carbocycles. The molecule has 3 rings (SSSR count). The van der Waals surface area contributed by atoms with Gasteiger partial charge in [0, 0.05) is 12.6 Å². The molecule has 0 spiro atoms. The van der Waals surface area contributed by atoms with Crippen molar-refractivity contribution in [2.75, 3.05) is 13.1 Å². The second-order valence-electron chi connectivity index (χ2n) is 6.67. The van der Waals surface area contributed by atoms with E-state index in [9.17, 15) is 5.11 Å². The molecule has 0 radical (unpaired) electrons. The zero-order chi connectivity index (χ0) is 13.5. The number of fused-ring (bicyclic) bond motifs is 1. The van der Waals surface area contributed by atoms with Gasteiger partial charge in [0.2, 0.25) is 0 Å². The smallest absolute Gasteiger partial charge is 0.106 e. The first-order valence-electron chi connectivity index (χ1n) is 7.65. The highest BCUT2D eigenvalue weighted by molar-refractivity contribution is 5.31. The Kier molecular flexibility index (Phi) is 3.40. The van der Waals surface area contributed by atoms with Gasteiger partial charge in [0.05, 0.1) is 0 Å². The van der Waals surface area contributed by atoms with Crippen molar-refractivity contribution in [3.8, 4) is 0 Å². The highest BCUT2D eigenvalue weighted by Gasteiger charge is 2.48. The maximum absolute atomic E-state index is 11.1. The van der Waals surface area contributed by atoms with E-state index in [-0.39, 0.29) is 0 Å². The molecule has 2 saturated heterocycles. The third kappa shape index (κ3) is 2.32. The Labute approximate surface area is 116 Å². The molecule has 0 aromatic heterocycles. The summed E-state index contributed by atoms with van der Waals surface area (Å²) in [5.41, 5.74) is 1.89. The van der Waals surface area contributed by atoms with Gasteiger partial charge in [0.1, 0.15) is 5.60 Å². The van der Waals surface area contributed by atoms with Crippen molar-refractivity contribution in [1.29, 1.82) is 0 Å². The Morgan fingerprint density at radius 1 is 1.37 bits per heavy atom. The predicted molar refractivity (Wildman–Crippen MR) is 78.1 cm³/mol. The van der Waals surface area contributed by atoms with Gasteiger partial charge in [0.15, 0.2) is 0 Å². The van der Waals surface area contributed by atoms with Crippen molar-refractivity contribution in [2.45, 2.75) is 51.2 Å². The van der Waals surface area contributed by atoms with Crippen LogP contribution in [0, 0.1) is 5.92 Å². The minimum Gasteiger partial charge on any atom is -0.383 e. The van der Waals surface area contributed by atoms with Crippen molar-refractivity contribution >= 4 is 0 Å². The quantitative estimate of drug-likeness (QED) is 0.902. The Morgan fingerprint density at radius 2 is 2.21 bits per heavy atom. The third-order valence-electron chi connectivity index (χ3n) is 4.77. The molecule has 1 aromatic rings. The van der Waals surface area contributed by atoms with Crippen molar-refractivity contribution < 1.29 is 5.11 Å². The van der Waals surface area contributed by atoms with Crippen LogP contribution in [-0.2, 0) is 12.0 Å². The largest absolute Gasteiger partial charge is 0.383 e. The van der Waals surface area contributed by atoms with Crippen LogP contribution in [0.4, 0.5) is 0 Å². The van der Waals surface area contributed by atoms with E-state index in [4.69, 9.17) is 0 Å². The molecule has 2 nitrogen and oxygen atoms in total. The lowest BCUT2D eigenvalue weighted by Gasteiger charge is -2.30.